The quantitative estimate of drug-likeness (QED) is 0.375. The van der Waals surface area contributed by atoms with Gasteiger partial charge in [-0.1, -0.05) is 18.2 Å². The Bertz CT molecular complexity index is 1630. The molecule has 41 heavy (non-hydrogen) atoms. The van der Waals surface area contributed by atoms with E-state index in [9.17, 15) is 24.0 Å². The van der Waals surface area contributed by atoms with Crippen molar-refractivity contribution in [3.63, 3.8) is 0 Å². The smallest absolute Gasteiger partial charge is 0.411 e. The number of fused-ring (bicyclic) bond motifs is 1. The number of amides is 2. The molecule has 0 saturated carbocycles. The molecule has 1 unspecified atom stereocenters. The number of H-pyrrole nitrogens is 1. The summed E-state index contributed by atoms with van der Waals surface area (Å²) in [6.45, 7) is 7.09. The highest BCUT2D eigenvalue weighted by atomic mass is 16.6. The molecule has 13 nitrogen and oxygen atoms in total. The molecule has 1 saturated heterocycles. The Morgan fingerprint density at radius 3 is 2.66 bits per heavy atom. The maximum Gasteiger partial charge on any atom is 0.411 e. The Balaban J connectivity index is 1.28. The number of anilines is 2. The third kappa shape index (κ3) is 5.85. The van der Waals surface area contributed by atoms with Gasteiger partial charge < -0.3 is 30.4 Å². The number of nitrogen functional groups attached to an aromatic ring is 1. The van der Waals surface area contributed by atoms with E-state index in [1.807, 2.05) is 18.2 Å². The highest BCUT2D eigenvalue weighted by Gasteiger charge is 2.34. The lowest BCUT2D eigenvalue weighted by Gasteiger charge is -2.36. The summed E-state index contributed by atoms with van der Waals surface area (Å²) in [5.74, 6) is -0.790. The van der Waals surface area contributed by atoms with Crippen molar-refractivity contribution >= 4 is 23.4 Å². The summed E-state index contributed by atoms with van der Waals surface area (Å²) in [7, 11) is 0. The molecule has 0 radical (unpaired) electrons. The third-order valence-electron chi connectivity index (χ3n) is 7.05. The first-order valence-corrected chi connectivity index (χ1v) is 13.3. The molecule has 4 N–H and O–H groups in total. The number of rotatable bonds is 5. The average Bonchev–Trinajstić information content (AvgIpc) is 2.94. The first-order chi connectivity index (χ1) is 19.4. The van der Waals surface area contributed by atoms with Crippen LogP contribution in [0.2, 0.25) is 0 Å². The molecule has 2 aliphatic rings. The zero-order valence-electron chi connectivity index (χ0n) is 23.1. The van der Waals surface area contributed by atoms with E-state index in [4.69, 9.17) is 15.2 Å². The Kier molecular flexibility index (Phi) is 7.39. The van der Waals surface area contributed by atoms with Crippen molar-refractivity contribution in [3.05, 3.63) is 83.3 Å². The standard InChI is InChI=1S/C28H32N6O7/c1-28(2,3)41-27(39)34-8-9-40-14-19(34)18-11-20(35)32-25(31-18)26(38)30-12-15-4-5-16-6-7-33(13-17(16)10-15)22-21(29)23(36)24(22)37/h4-5,10-11,19H,6-9,12-14,29H2,1-3H3,(H,30,38)(H,31,32,35). The average molecular weight is 565 g/mol. The van der Waals surface area contributed by atoms with Crippen LogP contribution < -0.4 is 32.4 Å². The van der Waals surface area contributed by atoms with Crippen LogP contribution in [0.25, 0.3) is 0 Å². The minimum atomic E-state index is -0.708. The number of carbonyl (C=O) groups excluding carboxylic acids is 2. The van der Waals surface area contributed by atoms with Crippen molar-refractivity contribution in [3.8, 4) is 0 Å². The number of carbonyl (C=O) groups is 2. The van der Waals surface area contributed by atoms with Gasteiger partial charge in [-0.15, -0.1) is 0 Å². The zero-order valence-corrected chi connectivity index (χ0v) is 23.1. The monoisotopic (exact) mass is 564 g/mol. The summed E-state index contributed by atoms with van der Waals surface area (Å²) >= 11 is 0. The number of aromatic nitrogens is 2. The van der Waals surface area contributed by atoms with Gasteiger partial charge in [0.1, 0.15) is 23.0 Å². The second-order valence-corrected chi connectivity index (χ2v) is 11.2. The third-order valence-corrected chi connectivity index (χ3v) is 7.05. The van der Waals surface area contributed by atoms with Crippen LogP contribution in [0.3, 0.4) is 0 Å². The number of benzene rings is 1. The number of nitrogens with one attached hydrogen (secondary N) is 2. The summed E-state index contributed by atoms with van der Waals surface area (Å²) in [6.07, 6.45) is 0.126. The number of aromatic amines is 1. The summed E-state index contributed by atoms with van der Waals surface area (Å²) in [6, 6.07) is 6.33. The van der Waals surface area contributed by atoms with Crippen LogP contribution in [0, 0.1) is 0 Å². The molecular formula is C28H32N6O7. The lowest BCUT2D eigenvalue weighted by molar-refractivity contribution is -0.0341. The Morgan fingerprint density at radius 1 is 1.15 bits per heavy atom. The Labute approximate surface area is 235 Å². The second kappa shape index (κ2) is 10.8. The van der Waals surface area contributed by atoms with Gasteiger partial charge in [-0.3, -0.25) is 24.1 Å². The van der Waals surface area contributed by atoms with Gasteiger partial charge in [-0.2, -0.15) is 0 Å². The lowest BCUT2D eigenvalue weighted by Crippen LogP contribution is -2.46. The number of ether oxygens (including phenoxy) is 2. The van der Waals surface area contributed by atoms with Crippen LogP contribution in [-0.4, -0.2) is 58.8 Å². The van der Waals surface area contributed by atoms with Gasteiger partial charge in [0.05, 0.1) is 18.9 Å². The van der Waals surface area contributed by atoms with Crippen LogP contribution in [0.15, 0.2) is 38.6 Å². The van der Waals surface area contributed by atoms with E-state index >= 15 is 0 Å². The molecule has 1 fully saturated rings. The molecule has 1 aromatic heterocycles. The summed E-state index contributed by atoms with van der Waals surface area (Å²) in [4.78, 5) is 71.9. The Morgan fingerprint density at radius 2 is 1.93 bits per heavy atom. The van der Waals surface area contributed by atoms with Crippen LogP contribution >= 0.6 is 0 Å². The van der Waals surface area contributed by atoms with Gasteiger partial charge in [-0.25, -0.2) is 9.78 Å². The molecule has 216 valence electrons. The summed E-state index contributed by atoms with van der Waals surface area (Å²) in [5, 5.41) is 2.77. The molecule has 5 rings (SSSR count). The summed E-state index contributed by atoms with van der Waals surface area (Å²) in [5.41, 5.74) is 6.64. The molecule has 0 aliphatic carbocycles. The van der Waals surface area contributed by atoms with Crippen molar-refractivity contribution in [2.24, 2.45) is 0 Å². The number of nitrogens with zero attached hydrogens (tertiary/aromatic N) is 3. The SMILES string of the molecule is CC(C)(C)OC(=O)N1CCOCC1c1cc(=O)[nH]c(C(=O)NCc2ccc3c(c2)CN(c2c(N)c(=O)c2=O)CC3)n1. The first kappa shape index (κ1) is 28.0. The fourth-order valence-electron chi connectivity index (χ4n) is 5.03. The van der Waals surface area contributed by atoms with Gasteiger partial charge in [0, 0.05) is 32.2 Å². The van der Waals surface area contributed by atoms with Crippen molar-refractivity contribution in [1.82, 2.24) is 20.2 Å². The highest BCUT2D eigenvalue weighted by molar-refractivity contribution is 5.90. The van der Waals surface area contributed by atoms with Gasteiger partial charge in [0.25, 0.3) is 22.3 Å². The van der Waals surface area contributed by atoms with Crippen LogP contribution in [0.4, 0.5) is 16.2 Å². The fourth-order valence-corrected chi connectivity index (χ4v) is 5.03. The molecule has 0 spiro atoms. The van der Waals surface area contributed by atoms with Crippen LogP contribution in [0.5, 0.6) is 0 Å². The molecular weight excluding hydrogens is 532 g/mol. The second-order valence-electron chi connectivity index (χ2n) is 11.2. The van der Waals surface area contributed by atoms with Gasteiger partial charge >= 0.3 is 6.09 Å². The zero-order chi connectivity index (χ0) is 29.5. The predicted molar refractivity (Wildman–Crippen MR) is 149 cm³/mol. The maximum absolute atomic E-state index is 13.0. The highest BCUT2D eigenvalue weighted by Crippen LogP contribution is 2.27. The van der Waals surface area contributed by atoms with Crippen molar-refractivity contribution in [2.45, 2.75) is 51.9 Å². The van der Waals surface area contributed by atoms with Crippen molar-refractivity contribution in [2.75, 3.05) is 36.9 Å². The van der Waals surface area contributed by atoms with E-state index < -0.39 is 40.1 Å². The van der Waals surface area contributed by atoms with Crippen LogP contribution in [-0.2, 0) is 29.0 Å². The lowest BCUT2D eigenvalue weighted by atomic mass is 9.96. The van der Waals surface area contributed by atoms with E-state index in [2.05, 4.69) is 15.3 Å². The number of morpholine rings is 1. The molecule has 0 bridgehead atoms. The largest absolute Gasteiger partial charge is 0.444 e. The molecule has 13 heteroatoms. The van der Waals surface area contributed by atoms with E-state index in [1.54, 1.807) is 25.7 Å². The van der Waals surface area contributed by atoms with E-state index in [0.717, 1.165) is 16.7 Å². The number of hydrogen-bond acceptors (Lipinski definition) is 10. The van der Waals surface area contributed by atoms with E-state index in [0.29, 0.717) is 26.1 Å². The first-order valence-electron chi connectivity index (χ1n) is 13.3. The van der Waals surface area contributed by atoms with Gasteiger partial charge in [0.15, 0.2) is 5.82 Å². The van der Waals surface area contributed by atoms with Crippen LogP contribution in [0.1, 0.15) is 59.8 Å². The molecule has 2 amide bonds. The van der Waals surface area contributed by atoms with Gasteiger partial charge in [-0.05, 0) is 43.9 Å². The maximum atomic E-state index is 13.0. The summed E-state index contributed by atoms with van der Waals surface area (Å²) < 4.78 is 11.0. The number of hydrogen-bond donors (Lipinski definition) is 3. The van der Waals surface area contributed by atoms with Crippen molar-refractivity contribution < 1.29 is 19.1 Å². The molecule has 2 aliphatic heterocycles. The van der Waals surface area contributed by atoms with E-state index in [-0.39, 0.29) is 42.6 Å². The topological polar surface area (TPSA) is 177 Å². The molecule has 3 heterocycles. The minimum absolute atomic E-state index is 0.000375. The predicted octanol–water partition coefficient (Wildman–Crippen LogP) is 0.749. The normalized spacial score (nSPS) is 17.3. The fraction of sp³-hybridized carbons (Fsp3) is 0.429. The minimum Gasteiger partial charge on any atom is -0.444 e. The van der Waals surface area contributed by atoms with E-state index in [1.165, 1.54) is 11.0 Å². The van der Waals surface area contributed by atoms with Gasteiger partial charge in [0.2, 0.25) is 0 Å². The molecule has 1 atom stereocenters. The Hall–Kier alpha value is -4.52. The molecule has 3 aromatic rings. The molecule has 2 aromatic carbocycles. The van der Waals surface area contributed by atoms with Crippen molar-refractivity contribution in [1.29, 1.82) is 0 Å². The number of nitrogens with two attached hydrogens (primary N) is 1.